The summed E-state index contributed by atoms with van der Waals surface area (Å²) in [5.74, 6) is 0.376. The quantitative estimate of drug-likeness (QED) is 0.603. The van der Waals surface area contributed by atoms with Gasteiger partial charge in [0.1, 0.15) is 0 Å². The predicted molar refractivity (Wildman–Crippen MR) is 116 cm³/mol. The molecule has 7 heteroatoms. The number of benzene rings is 2. The molecule has 6 nitrogen and oxygen atoms in total. The van der Waals surface area contributed by atoms with Gasteiger partial charge in [0.25, 0.3) is 5.91 Å². The second-order valence-corrected chi connectivity index (χ2v) is 8.52. The van der Waals surface area contributed by atoms with Crippen molar-refractivity contribution >= 4 is 27.5 Å². The van der Waals surface area contributed by atoms with Crippen molar-refractivity contribution in [3.63, 3.8) is 0 Å². The molecule has 0 unspecified atom stereocenters. The van der Waals surface area contributed by atoms with Crippen molar-refractivity contribution in [1.29, 1.82) is 0 Å². The number of aromatic nitrogens is 3. The van der Waals surface area contributed by atoms with Gasteiger partial charge >= 0.3 is 0 Å². The fourth-order valence-electron chi connectivity index (χ4n) is 3.89. The van der Waals surface area contributed by atoms with Crippen LogP contribution in [0.4, 0.5) is 5.69 Å². The first-order chi connectivity index (χ1) is 14.2. The topological polar surface area (TPSA) is 54.3 Å². The van der Waals surface area contributed by atoms with E-state index < -0.39 is 0 Å². The maximum Gasteiger partial charge on any atom is 0.276 e. The molecular formula is C22H22BrN5O. The standard InChI is InChI=1S/C22H22BrN5O/c23-17-8-10-19(11-9-17)28-21(16-6-7-16)20(24-25-28)22(29)27-14-12-26(13-15-27)18-4-2-1-3-5-18/h1-5,8-11,16H,6-7,12-15H2. The summed E-state index contributed by atoms with van der Waals surface area (Å²) in [6, 6.07) is 18.3. The Morgan fingerprint density at radius 2 is 1.59 bits per heavy atom. The van der Waals surface area contributed by atoms with Crippen LogP contribution in [0.2, 0.25) is 0 Å². The van der Waals surface area contributed by atoms with E-state index in [1.807, 2.05) is 39.9 Å². The van der Waals surface area contributed by atoms with Crippen LogP contribution in [0.5, 0.6) is 0 Å². The summed E-state index contributed by atoms with van der Waals surface area (Å²) in [6.07, 6.45) is 2.18. The first kappa shape index (κ1) is 18.4. The van der Waals surface area contributed by atoms with Crippen molar-refractivity contribution in [2.24, 2.45) is 0 Å². The van der Waals surface area contributed by atoms with Crippen molar-refractivity contribution in [2.45, 2.75) is 18.8 Å². The fourth-order valence-corrected chi connectivity index (χ4v) is 4.16. The maximum atomic E-state index is 13.3. The molecule has 148 valence electrons. The number of anilines is 1. The first-order valence-electron chi connectivity index (χ1n) is 10.0. The van der Waals surface area contributed by atoms with Crippen molar-refractivity contribution < 1.29 is 4.79 Å². The van der Waals surface area contributed by atoms with Crippen LogP contribution < -0.4 is 4.90 Å². The molecule has 2 aromatic carbocycles. The lowest BCUT2D eigenvalue weighted by atomic mass is 10.1. The summed E-state index contributed by atoms with van der Waals surface area (Å²) >= 11 is 3.47. The van der Waals surface area contributed by atoms with Gasteiger partial charge in [0.05, 0.1) is 11.4 Å². The Hall–Kier alpha value is -2.67. The second kappa shape index (κ2) is 7.63. The Morgan fingerprint density at radius 1 is 0.897 bits per heavy atom. The Kier molecular flexibility index (Phi) is 4.83. The summed E-state index contributed by atoms with van der Waals surface area (Å²) in [5, 5.41) is 8.67. The highest BCUT2D eigenvalue weighted by molar-refractivity contribution is 9.10. The molecule has 0 spiro atoms. The van der Waals surface area contributed by atoms with E-state index in [1.165, 1.54) is 5.69 Å². The van der Waals surface area contributed by atoms with Gasteiger partial charge in [-0.05, 0) is 49.2 Å². The SMILES string of the molecule is O=C(c1nnn(-c2ccc(Br)cc2)c1C1CC1)N1CCN(c2ccccc2)CC1. The Balaban J connectivity index is 1.36. The molecule has 1 saturated heterocycles. The van der Waals surface area contributed by atoms with Crippen molar-refractivity contribution in [1.82, 2.24) is 19.9 Å². The number of para-hydroxylation sites is 1. The number of carbonyl (C=O) groups is 1. The molecule has 1 amide bonds. The minimum absolute atomic E-state index is 0.00275. The number of nitrogens with zero attached hydrogens (tertiary/aromatic N) is 5. The summed E-state index contributed by atoms with van der Waals surface area (Å²) in [5.41, 5.74) is 3.63. The molecular weight excluding hydrogens is 430 g/mol. The van der Waals surface area contributed by atoms with Crippen molar-refractivity contribution in [3.8, 4) is 5.69 Å². The molecule has 1 aliphatic carbocycles. The van der Waals surface area contributed by atoms with Crippen LogP contribution in [0.25, 0.3) is 5.69 Å². The van der Waals surface area contributed by atoms with Gasteiger partial charge in [-0.3, -0.25) is 4.79 Å². The lowest BCUT2D eigenvalue weighted by molar-refractivity contribution is 0.0739. The number of rotatable bonds is 4. The third-order valence-electron chi connectivity index (χ3n) is 5.63. The minimum atomic E-state index is 0.00275. The number of piperazine rings is 1. The summed E-state index contributed by atoms with van der Waals surface area (Å²) in [6.45, 7) is 3.05. The van der Waals surface area contributed by atoms with Gasteiger partial charge < -0.3 is 9.80 Å². The van der Waals surface area contributed by atoms with Gasteiger partial charge in [0.15, 0.2) is 5.69 Å². The highest BCUT2D eigenvalue weighted by atomic mass is 79.9. The van der Waals surface area contributed by atoms with E-state index in [9.17, 15) is 4.79 Å². The van der Waals surface area contributed by atoms with Gasteiger partial charge in [0.2, 0.25) is 0 Å². The van der Waals surface area contributed by atoms with Gasteiger partial charge in [-0.15, -0.1) is 5.10 Å². The third-order valence-corrected chi connectivity index (χ3v) is 6.16. The minimum Gasteiger partial charge on any atom is -0.368 e. The smallest absolute Gasteiger partial charge is 0.276 e. The Labute approximate surface area is 178 Å². The first-order valence-corrected chi connectivity index (χ1v) is 10.8. The zero-order chi connectivity index (χ0) is 19.8. The molecule has 0 bridgehead atoms. The number of amides is 1. The van der Waals surface area contributed by atoms with Crippen LogP contribution in [0.3, 0.4) is 0 Å². The highest BCUT2D eigenvalue weighted by Gasteiger charge is 2.36. The molecule has 29 heavy (non-hydrogen) atoms. The lowest BCUT2D eigenvalue weighted by Gasteiger charge is -2.35. The van der Waals surface area contributed by atoms with Crippen LogP contribution in [0.1, 0.15) is 34.9 Å². The molecule has 5 rings (SSSR count). The van der Waals surface area contributed by atoms with E-state index in [0.717, 1.165) is 41.8 Å². The molecule has 0 radical (unpaired) electrons. The van der Waals surface area contributed by atoms with Crippen LogP contribution >= 0.6 is 15.9 Å². The average molecular weight is 452 g/mol. The van der Waals surface area contributed by atoms with Crippen molar-refractivity contribution in [2.75, 3.05) is 31.1 Å². The van der Waals surface area contributed by atoms with E-state index in [4.69, 9.17) is 0 Å². The normalized spacial score (nSPS) is 16.9. The van der Waals surface area contributed by atoms with Crippen LogP contribution in [-0.2, 0) is 0 Å². The van der Waals surface area contributed by atoms with Crippen LogP contribution in [0, 0.1) is 0 Å². The Morgan fingerprint density at radius 3 is 2.24 bits per heavy atom. The van der Waals surface area contributed by atoms with E-state index in [2.05, 4.69) is 55.4 Å². The van der Waals surface area contributed by atoms with E-state index in [0.29, 0.717) is 24.7 Å². The fraction of sp³-hybridized carbons (Fsp3) is 0.318. The number of hydrogen-bond acceptors (Lipinski definition) is 4. The molecule has 2 fully saturated rings. The zero-order valence-electron chi connectivity index (χ0n) is 16.0. The van der Waals surface area contributed by atoms with Crippen LogP contribution in [0.15, 0.2) is 59.1 Å². The number of carbonyl (C=O) groups excluding carboxylic acids is 1. The van der Waals surface area contributed by atoms with Gasteiger partial charge in [0, 0.05) is 42.3 Å². The number of hydrogen-bond donors (Lipinski definition) is 0. The average Bonchev–Trinajstić information content (AvgIpc) is 3.52. The van der Waals surface area contributed by atoms with Gasteiger partial charge in [-0.25, -0.2) is 4.68 Å². The Bertz CT molecular complexity index is 1010. The van der Waals surface area contributed by atoms with E-state index in [1.54, 1.807) is 0 Å². The third kappa shape index (κ3) is 3.67. The largest absolute Gasteiger partial charge is 0.368 e. The van der Waals surface area contributed by atoms with Crippen LogP contribution in [-0.4, -0.2) is 52.0 Å². The molecule has 3 aromatic rings. The summed E-state index contributed by atoms with van der Waals surface area (Å²) in [4.78, 5) is 17.5. The van der Waals surface area contributed by atoms with E-state index in [-0.39, 0.29) is 5.91 Å². The van der Waals surface area contributed by atoms with E-state index >= 15 is 0 Å². The molecule has 0 atom stereocenters. The molecule has 1 aliphatic heterocycles. The van der Waals surface area contributed by atoms with Gasteiger partial charge in [-0.1, -0.05) is 39.3 Å². The predicted octanol–water partition coefficient (Wildman–Crippen LogP) is 3.87. The number of halogens is 1. The monoisotopic (exact) mass is 451 g/mol. The van der Waals surface area contributed by atoms with Crippen molar-refractivity contribution in [3.05, 3.63) is 70.5 Å². The molecule has 2 heterocycles. The molecule has 2 aliphatic rings. The molecule has 1 saturated carbocycles. The van der Waals surface area contributed by atoms with Gasteiger partial charge in [-0.2, -0.15) is 0 Å². The molecule has 0 N–H and O–H groups in total. The summed E-state index contributed by atoms with van der Waals surface area (Å²) < 4.78 is 2.86. The summed E-state index contributed by atoms with van der Waals surface area (Å²) in [7, 11) is 0. The highest BCUT2D eigenvalue weighted by Crippen LogP contribution is 2.42. The maximum absolute atomic E-state index is 13.3. The lowest BCUT2D eigenvalue weighted by Crippen LogP contribution is -2.49. The molecule has 1 aromatic heterocycles. The zero-order valence-corrected chi connectivity index (χ0v) is 17.6. The second-order valence-electron chi connectivity index (χ2n) is 7.60.